The van der Waals surface area contributed by atoms with E-state index in [-0.39, 0.29) is 17.9 Å². The second-order valence-electron chi connectivity index (χ2n) is 4.46. The maximum atomic E-state index is 11.6. The first-order valence-corrected chi connectivity index (χ1v) is 7.73. The van der Waals surface area contributed by atoms with E-state index in [1.54, 1.807) is 11.8 Å². The Morgan fingerprint density at radius 1 is 1.13 bits per heavy atom. The van der Waals surface area contributed by atoms with Gasteiger partial charge in [-0.05, 0) is 24.3 Å². The number of anilines is 1. The summed E-state index contributed by atoms with van der Waals surface area (Å²) in [6.07, 6.45) is -0.666. The number of carboxylic acids is 1. The zero-order valence-corrected chi connectivity index (χ0v) is 12.9. The standard InChI is InChI=1S/C16H15NO5S/c18-14-10-11(6-7-13(14)15(19)20)17-16(21)22-8-9-23-12-4-2-1-3-5-12/h1-7,10,18H,8-9H2,(H,17,21)(H,19,20). The second kappa shape index (κ2) is 8.09. The van der Waals surface area contributed by atoms with E-state index in [9.17, 15) is 14.7 Å². The molecule has 0 unspecified atom stereocenters. The van der Waals surface area contributed by atoms with Crippen LogP contribution in [0.15, 0.2) is 53.4 Å². The molecule has 0 fully saturated rings. The van der Waals surface area contributed by atoms with Gasteiger partial charge in [-0.15, -0.1) is 11.8 Å². The first kappa shape index (κ1) is 16.7. The van der Waals surface area contributed by atoms with Gasteiger partial charge in [0.1, 0.15) is 17.9 Å². The lowest BCUT2D eigenvalue weighted by atomic mass is 10.2. The number of amides is 1. The number of carbonyl (C=O) groups is 2. The van der Waals surface area contributed by atoms with E-state index in [1.165, 1.54) is 12.1 Å². The molecule has 0 atom stereocenters. The van der Waals surface area contributed by atoms with Crippen LogP contribution in [0.25, 0.3) is 0 Å². The smallest absolute Gasteiger partial charge is 0.411 e. The lowest BCUT2D eigenvalue weighted by Gasteiger charge is -2.08. The highest BCUT2D eigenvalue weighted by Crippen LogP contribution is 2.22. The number of ether oxygens (including phenoxy) is 1. The number of carboxylic acid groups (broad SMARTS) is 1. The molecule has 1 amide bonds. The third-order valence-electron chi connectivity index (χ3n) is 2.80. The second-order valence-corrected chi connectivity index (χ2v) is 5.63. The fraction of sp³-hybridized carbons (Fsp3) is 0.125. The van der Waals surface area contributed by atoms with Crippen molar-refractivity contribution < 1.29 is 24.5 Å². The number of nitrogens with one attached hydrogen (secondary N) is 1. The highest BCUT2D eigenvalue weighted by atomic mass is 32.2. The van der Waals surface area contributed by atoms with E-state index in [1.807, 2.05) is 30.3 Å². The highest BCUT2D eigenvalue weighted by Gasteiger charge is 2.11. The van der Waals surface area contributed by atoms with Crippen LogP contribution in [0, 0.1) is 0 Å². The molecule has 7 heteroatoms. The van der Waals surface area contributed by atoms with Crippen molar-refractivity contribution in [1.82, 2.24) is 0 Å². The Morgan fingerprint density at radius 2 is 1.87 bits per heavy atom. The first-order chi connectivity index (χ1) is 11.1. The van der Waals surface area contributed by atoms with Crippen LogP contribution in [0.3, 0.4) is 0 Å². The number of thioether (sulfide) groups is 1. The molecule has 2 aromatic carbocycles. The number of aromatic hydroxyl groups is 1. The van der Waals surface area contributed by atoms with Crippen LogP contribution in [0.1, 0.15) is 10.4 Å². The lowest BCUT2D eigenvalue weighted by molar-refractivity contribution is 0.0693. The van der Waals surface area contributed by atoms with E-state index in [4.69, 9.17) is 9.84 Å². The summed E-state index contributed by atoms with van der Waals surface area (Å²) in [6.45, 7) is 0.227. The summed E-state index contributed by atoms with van der Waals surface area (Å²) in [6, 6.07) is 13.5. The number of hydrogen-bond acceptors (Lipinski definition) is 5. The van der Waals surface area contributed by atoms with Gasteiger partial charge in [0.05, 0.1) is 0 Å². The molecule has 0 saturated carbocycles. The molecule has 3 N–H and O–H groups in total. The van der Waals surface area contributed by atoms with Gasteiger partial charge in [-0.2, -0.15) is 0 Å². The zero-order chi connectivity index (χ0) is 16.7. The first-order valence-electron chi connectivity index (χ1n) is 6.74. The van der Waals surface area contributed by atoms with Crippen molar-refractivity contribution in [2.75, 3.05) is 17.7 Å². The van der Waals surface area contributed by atoms with E-state index in [2.05, 4.69) is 5.32 Å². The van der Waals surface area contributed by atoms with Crippen molar-refractivity contribution in [3.05, 3.63) is 54.1 Å². The van der Waals surface area contributed by atoms with Gasteiger partial charge in [-0.1, -0.05) is 18.2 Å². The zero-order valence-electron chi connectivity index (χ0n) is 12.1. The van der Waals surface area contributed by atoms with Crippen molar-refractivity contribution in [1.29, 1.82) is 0 Å². The predicted octanol–water partition coefficient (Wildman–Crippen LogP) is 3.43. The number of phenols is 1. The molecule has 2 aromatic rings. The maximum absolute atomic E-state index is 11.6. The van der Waals surface area contributed by atoms with Crippen LogP contribution in [0.2, 0.25) is 0 Å². The number of carbonyl (C=O) groups excluding carboxylic acids is 1. The molecule has 0 aromatic heterocycles. The van der Waals surface area contributed by atoms with Crippen LogP contribution in [0.4, 0.5) is 10.5 Å². The molecule has 0 spiro atoms. The summed E-state index contributed by atoms with van der Waals surface area (Å²) < 4.78 is 5.02. The Hall–Kier alpha value is -2.67. The Morgan fingerprint density at radius 3 is 2.52 bits per heavy atom. The van der Waals surface area contributed by atoms with Crippen molar-refractivity contribution in [2.45, 2.75) is 4.90 Å². The van der Waals surface area contributed by atoms with Gasteiger partial charge in [0, 0.05) is 22.4 Å². The van der Waals surface area contributed by atoms with Gasteiger partial charge in [-0.25, -0.2) is 9.59 Å². The van der Waals surface area contributed by atoms with Crippen molar-refractivity contribution in [3.8, 4) is 5.75 Å². The molecule has 0 saturated heterocycles. The summed E-state index contributed by atoms with van der Waals surface area (Å²) in [5.74, 6) is -1.05. The van der Waals surface area contributed by atoms with Crippen molar-refractivity contribution in [3.63, 3.8) is 0 Å². The molecule has 0 radical (unpaired) electrons. The van der Waals surface area contributed by atoms with Crippen LogP contribution < -0.4 is 5.32 Å². The summed E-state index contributed by atoms with van der Waals surface area (Å²) in [7, 11) is 0. The monoisotopic (exact) mass is 333 g/mol. The summed E-state index contributed by atoms with van der Waals surface area (Å²) in [4.78, 5) is 23.5. The van der Waals surface area contributed by atoms with Gasteiger partial charge in [0.15, 0.2) is 0 Å². The van der Waals surface area contributed by atoms with Crippen LogP contribution >= 0.6 is 11.8 Å². The Kier molecular flexibility index (Phi) is 5.87. The molecule has 120 valence electrons. The summed E-state index contributed by atoms with van der Waals surface area (Å²) in [5.41, 5.74) is 0.0244. The number of benzene rings is 2. The summed E-state index contributed by atoms with van der Waals surface area (Å²) >= 11 is 1.57. The average molecular weight is 333 g/mol. The third-order valence-corrected chi connectivity index (χ3v) is 3.78. The van der Waals surface area contributed by atoms with Crippen molar-refractivity contribution in [2.24, 2.45) is 0 Å². The molecule has 6 nitrogen and oxygen atoms in total. The molecular weight excluding hydrogens is 318 g/mol. The van der Waals surface area contributed by atoms with E-state index in [0.717, 1.165) is 11.0 Å². The third kappa shape index (κ3) is 5.23. The fourth-order valence-corrected chi connectivity index (χ4v) is 2.51. The minimum Gasteiger partial charge on any atom is -0.507 e. The van der Waals surface area contributed by atoms with Gasteiger partial charge >= 0.3 is 12.1 Å². The van der Waals surface area contributed by atoms with Gasteiger partial charge in [0.25, 0.3) is 0 Å². The predicted molar refractivity (Wildman–Crippen MR) is 87.2 cm³/mol. The molecule has 0 heterocycles. The number of aromatic carboxylic acids is 1. The fourth-order valence-electron chi connectivity index (χ4n) is 1.75. The van der Waals surface area contributed by atoms with Gasteiger partial charge < -0.3 is 14.9 Å². The topological polar surface area (TPSA) is 95.9 Å². The largest absolute Gasteiger partial charge is 0.507 e. The van der Waals surface area contributed by atoms with Gasteiger partial charge in [0.2, 0.25) is 0 Å². The van der Waals surface area contributed by atoms with Crippen LogP contribution in [0.5, 0.6) is 5.75 Å². The molecule has 0 aliphatic heterocycles. The van der Waals surface area contributed by atoms with Crippen molar-refractivity contribution >= 4 is 29.5 Å². The average Bonchev–Trinajstić information content (AvgIpc) is 2.52. The Labute approximate surface area is 137 Å². The quantitative estimate of drug-likeness (QED) is 0.554. The normalized spacial score (nSPS) is 10.1. The van der Waals surface area contributed by atoms with E-state index in [0.29, 0.717) is 5.75 Å². The molecule has 2 rings (SSSR count). The SMILES string of the molecule is O=C(Nc1ccc(C(=O)O)c(O)c1)OCCSc1ccccc1. The molecule has 0 bridgehead atoms. The van der Waals surface area contributed by atoms with Crippen LogP contribution in [-0.2, 0) is 4.74 Å². The molecule has 0 aliphatic carbocycles. The van der Waals surface area contributed by atoms with E-state index < -0.39 is 17.8 Å². The lowest BCUT2D eigenvalue weighted by Crippen LogP contribution is -2.15. The summed E-state index contributed by atoms with van der Waals surface area (Å²) in [5, 5.41) is 20.8. The van der Waals surface area contributed by atoms with E-state index >= 15 is 0 Å². The minimum atomic E-state index is -1.24. The van der Waals surface area contributed by atoms with Crippen LogP contribution in [-0.4, -0.2) is 34.6 Å². The Balaban J connectivity index is 1.76. The number of rotatable bonds is 6. The van der Waals surface area contributed by atoms with Gasteiger partial charge in [-0.3, -0.25) is 5.32 Å². The maximum Gasteiger partial charge on any atom is 0.411 e. The highest BCUT2D eigenvalue weighted by molar-refractivity contribution is 7.99. The Bertz CT molecular complexity index is 690. The molecule has 23 heavy (non-hydrogen) atoms. The number of hydrogen-bond donors (Lipinski definition) is 3. The minimum absolute atomic E-state index is 0.227. The molecular formula is C16H15NO5S. The molecule has 0 aliphatic rings.